The van der Waals surface area contributed by atoms with Gasteiger partial charge in [0.2, 0.25) is 0 Å². The number of amides is 2. The van der Waals surface area contributed by atoms with Crippen LogP contribution in [0, 0.1) is 11.8 Å². The van der Waals surface area contributed by atoms with Gasteiger partial charge in [0, 0.05) is 35.7 Å². The minimum absolute atomic E-state index is 0.0242. The van der Waals surface area contributed by atoms with Crippen molar-refractivity contribution >= 4 is 46.4 Å². The van der Waals surface area contributed by atoms with Gasteiger partial charge in [0.25, 0.3) is 11.8 Å². The predicted molar refractivity (Wildman–Crippen MR) is 265 cm³/mol. The molecule has 70 heavy (non-hydrogen) atoms. The van der Waals surface area contributed by atoms with Gasteiger partial charge < -0.3 is 29.5 Å². The third kappa shape index (κ3) is 16.5. The Morgan fingerprint density at radius 3 is 1.34 bits per heavy atom. The molecule has 0 aliphatic carbocycles. The Bertz CT molecular complexity index is 2180. The molecular weight excluding hydrogens is 945 g/mol. The third-order valence-corrected chi connectivity index (χ3v) is 15.0. The van der Waals surface area contributed by atoms with Crippen molar-refractivity contribution in [1.29, 1.82) is 0 Å². The van der Waals surface area contributed by atoms with Crippen LogP contribution in [0.3, 0.4) is 0 Å². The number of carbonyl (C=O) groups is 4. The van der Waals surface area contributed by atoms with Crippen molar-refractivity contribution < 1.29 is 56.4 Å². The van der Waals surface area contributed by atoms with Gasteiger partial charge in [-0.1, -0.05) is 98.8 Å². The third-order valence-electron chi connectivity index (χ3n) is 12.8. The first-order chi connectivity index (χ1) is 33.4. The second-order valence-corrected chi connectivity index (χ2v) is 20.5. The fourth-order valence-electron chi connectivity index (χ4n) is 8.56. The van der Waals surface area contributed by atoms with Gasteiger partial charge in [-0.2, -0.15) is 17.6 Å². The number of benzene rings is 2. The number of nitrogens with zero attached hydrogens (tertiary/aromatic N) is 2. The van der Waals surface area contributed by atoms with Gasteiger partial charge in [0.05, 0.1) is 38.5 Å². The van der Waals surface area contributed by atoms with Crippen LogP contribution in [-0.2, 0) is 44.7 Å². The van der Waals surface area contributed by atoms with Crippen molar-refractivity contribution in [1.82, 2.24) is 9.80 Å². The molecule has 2 aromatic heterocycles. The summed E-state index contributed by atoms with van der Waals surface area (Å²) in [6, 6.07) is 25.7. The molecule has 2 saturated heterocycles. The number of thiophene rings is 2. The van der Waals surface area contributed by atoms with Gasteiger partial charge in [-0.25, -0.2) is 9.59 Å². The van der Waals surface area contributed by atoms with E-state index < -0.39 is 72.7 Å². The minimum atomic E-state index is -3.40. The molecule has 0 radical (unpaired) electrons. The van der Waals surface area contributed by atoms with Crippen LogP contribution in [0.4, 0.5) is 17.6 Å². The summed E-state index contributed by atoms with van der Waals surface area (Å²) in [4.78, 5) is 53.0. The number of methoxy groups -OCH3 is 2. The summed E-state index contributed by atoms with van der Waals surface area (Å²) in [5.74, 6) is -10.0. The average molecular weight is 1010 g/mol. The van der Waals surface area contributed by atoms with E-state index >= 15 is 0 Å². The largest absolute Gasteiger partial charge is 0.465 e. The van der Waals surface area contributed by atoms with Gasteiger partial charge in [0.1, 0.15) is 9.75 Å². The van der Waals surface area contributed by atoms with Crippen LogP contribution < -0.4 is 0 Å². The van der Waals surface area contributed by atoms with E-state index in [0.717, 1.165) is 48.3 Å². The quantitative estimate of drug-likeness (QED) is 0.0403. The van der Waals surface area contributed by atoms with E-state index in [1.807, 2.05) is 62.4 Å². The van der Waals surface area contributed by atoms with Gasteiger partial charge in [-0.15, -0.1) is 22.7 Å². The molecule has 16 heteroatoms. The average Bonchev–Trinajstić information content (AvgIpc) is 4.13. The molecule has 2 fully saturated rings. The van der Waals surface area contributed by atoms with Gasteiger partial charge >= 0.3 is 23.8 Å². The topological polar surface area (TPSA) is 134 Å². The summed E-state index contributed by atoms with van der Waals surface area (Å²) in [6.07, 6.45) is 10.9. The highest BCUT2D eigenvalue weighted by Crippen LogP contribution is 2.36. The number of alkyl halides is 4. The molecule has 0 saturated carbocycles. The van der Waals surface area contributed by atoms with Gasteiger partial charge in [0.15, 0.2) is 0 Å². The number of rotatable bonds is 24. The molecule has 0 unspecified atom stereocenters. The lowest BCUT2D eigenvalue weighted by atomic mass is 9.95. The van der Waals surface area contributed by atoms with Gasteiger partial charge in [-0.3, -0.25) is 9.59 Å². The number of likely N-dealkylation sites (tertiary alicyclic amines) is 2. The molecule has 2 amide bonds. The second-order valence-electron chi connectivity index (χ2n) is 18.1. The standard InChI is InChI=1S/2C27H33F2NO4S/c2*1-19(8-6-11-20-9-4-3-5-10-20)23(31)15-13-21-18-27(28,29)26(33)30(21)17-7-12-22-14-16-24(35-22)25(32)34-2/h2*3-5,9-10,13-16,19,21,23,31H,6-8,11-12,17-18H2,1-2H3/b2*15-13+/t19-,21-,23+;19-,21-,23-/m00/s1. The van der Waals surface area contributed by atoms with E-state index in [4.69, 9.17) is 9.47 Å². The van der Waals surface area contributed by atoms with Crippen LogP contribution in [0.1, 0.15) is 105 Å². The summed E-state index contributed by atoms with van der Waals surface area (Å²) < 4.78 is 66.2. The van der Waals surface area contributed by atoms with Crippen molar-refractivity contribution in [2.75, 3.05) is 27.3 Å². The number of hydrogen-bond donors (Lipinski definition) is 2. The van der Waals surface area contributed by atoms with E-state index in [0.29, 0.717) is 35.4 Å². The molecule has 2 N–H and O–H groups in total. The van der Waals surface area contributed by atoms with E-state index in [1.165, 1.54) is 57.8 Å². The van der Waals surface area contributed by atoms with Crippen LogP contribution >= 0.6 is 22.7 Å². The van der Waals surface area contributed by atoms with Crippen molar-refractivity contribution in [2.24, 2.45) is 11.8 Å². The fraction of sp³-hybridized carbons (Fsp3) is 0.481. The number of esters is 2. The number of aliphatic hydroxyl groups is 2. The van der Waals surface area contributed by atoms with E-state index in [-0.39, 0.29) is 24.9 Å². The lowest BCUT2D eigenvalue weighted by Gasteiger charge is -2.22. The molecule has 380 valence electrons. The van der Waals surface area contributed by atoms with Crippen molar-refractivity contribution in [3.05, 3.63) is 140 Å². The maximum Gasteiger partial charge on any atom is 0.348 e. The Hall–Kier alpha value is -5.16. The van der Waals surface area contributed by atoms with E-state index in [2.05, 4.69) is 24.3 Å². The first kappa shape index (κ1) is 55.8. The van der Waals surface area contributed by atoms with E-state index in [9.17, 15) is 47.0 Å². The van der Waals surface area contributed by atoms with Crippen LogP contribution in [0.15, 0.2) is 109 Å². The molecular formula is C54H66F4N2O8S2. The summed E-state index contributed by atoms with van der Waals surface area (Å²) in [5, 5.41) is 21.1. The van der Waals surface area contributed by atoms with Crippen molar-refractivity contribution in [3.63, 3.8) is 0 Å². The number of halogens is 4. The van der Waals surface area contributed by atoms with Crippen LogP contribution in [0.25, 0.3) is 0 Å². The summed E-state index contributed by atoms with van der Waals surface area (Å²) in [7, 11) is 2.63. The second kappa shape index (κ2) is 26.9. The minimum Gasteiger partial charge on any atom is -0.465 e. The molecule has 6 atom stereocenters. The highest BCUT2D eigenvalue weighted by atomic mass is 32.1. The Morgan fingerprint density at radius 1 is 0.614 bits per heavy atom. The highest BCUT2D eigenvalue weighted by molar-refractivity contribution is 7.14. The van der Waals surface area contributed by atoms with Crippen LogP contribution in [-0.4, -0.2) is 107 Å². The lowest BCUT2D eigenvalue weighted by Crippen LogP contribution is -2.36. The summed E-state index contributed by atoms with van der Waals surface area (Å²) in [6.45, 7) is 4.24. The lowest BCUT2D eigenvalue weighted by molar-refractivity contribution is -0.148. The highest BCUT2D eigenvalue weighted by Gasteiger charge is 2.53. The zero-order chi connectivity index (χ0) is 50.8. The maximum absolute atomic E-state index is 14.2. The van der Waals surface area contributed by atoms with Crippen LogP contribution in [0.5, 0.6) is 0 Å². The van der Waals surface area contributed by atoms with Crippen LogP contribution in [0.2, 0.25) is 0 Å². The molecule has 0 bridgehead atoms. The van der Waals surface area contributed by atoms with Gasteiger partial charge in [-0.05, 0) is 111 Å². The summed E-state index contributed by atoms with van der Waals surface area (Å²) >= 11 is 2.60. The monoisotopic (exact) mass is 1010 g/mol. The first-order valence-electron chi connectivity index (χ1n) is 23.9. The van der Waals surface area contributed by atoms with Crippen molar-refractivity contribution in [2.45, 2.75) is 127 Å². The molecule has 4 aromatic rings. The zero-order valence-electron chi connectivity index (χ0n) is 40.3. The summed E-state index contributed by atoms with van der Waals surface area (Å²) in [5.41, 5.74) is 2.49. The number of aliphatic hydroxyl groups excluding tert-OH is 2. The Kier molecular flexibility index (Phi) is 21.4. The molecule has 2 aliphatic heterocycles. The SMILES string of the molecule is COC(=O)c1ccc(CCCN2C(=O)C(F)(F)C[C@@H]2/C=C/[C@@H](O)[C@@H](C)CCCc2ccccc2)s1.COC(=O)c1ccc(CCCN2C(=O)C(F)(F)C[C@@H]2/C=C/[C@H](O)[C@@H](C)CCCc2ccccc2)s1. The molecule has 4 heterocycles. The maximum atomic E-state index is 14.2. The molecule has 2 aromatic carbocycles. The number of ether oxygens (including phenoxy) is 2. The van der Waals surface area contributed by atoms with E-state index in [1.54, 1.807) is 36.4 Å². The number of aryl methyl sites for hydroxylation is 4. The number of hydrogen-bond acceptors (Lipinski definition) is 10. The Morgan fingerprint density at radius 2 is 0.986 bits per heavy atom. The Labute approximate surface area is 417 Å². The van der Waals surface area contributed by atoms with Crippen molar-refractivity contribution in [3.8, 4) is 0 Å². The molecule has 10 nitrogen and oxygen atoms in total. The fourth-order valence-corrected chi connectivity index (χ4v) is 10.5. The molecule has 2 aliphatic rings. The zero-order valence-corrected chi connectivity index (χ0v) is 42.0. The Balaban J connectivity index is 0.000000261. The first-order valence-corrected chi connectivity index (χ1v) is 25.6. The molecule has 6 rings (SSSR count). The predicted octanol–water partition coefficient (Wildman–Crippen LogP) is 10.6. The normalized spacial score (nSPS) is 19.3. The smallest absolute Gasteiger partial charge is 0.348 e. The molecule has 0 spiro atoms. The number of carbonyl (C=O) groups excluding carboxylic acids is 4.